The fourth-order valence-electron chi connectivity index (χ4n) is 3.55. The minimum atomic E-state index is -0.668. The van der Waals surface area contributed by atoms with E-state index in [2.05, 4.69) is 6.07 Å². The molecule has 31 heavy (non-hydrogen) atoms. The molecule has 0 radical (unpaired) electrons. The summed E-state index contributed by atoms with van der Waals surface area (Å²) in [4.78, 5) is 28.2. The van der Waals surface area contributed by atoms with E-state index in [1.807, 2.05) is 42.8 Å². The monoisotopic (exact) mass is 469 g/mol. The first-order valence-electron chi connectivity index (χ1n) is 9.52. The van der Waals surface area contributed by atoms with Crippen LogP contribution in [0.2, 0.25) is 0 Å². The minimum Gasteiger partial charge on any atom is -0.463 e. The Labute approximate surface area is 190 Å². The maximum atomic E-state index is 13.3. The van der Waals surface area contributed by atoms with Gasteiger partial charge in [0.05, 0.1) is 34.3 Å². The Balaban J connectivity index is 2.13. The van der Waals surface area contributed by atoms with Gasteiger partial charge in [-0.15, -0.1) is 34.0 Å². The summed E-state index contributed by atoms with van der Waals surface area (Å²) >= 11 is 4.18. The van der Waals surface area contributed by atoms with Gasteiger partial charge in [0.15, 0.2) is 0 Å². The number of thiazole rings is 1. The second-order valence-corrected chi connectivity index (χ2v) is 9.90. The van der Waals surface area contributed by atoms with E-state index in [1.54, 1.807) is 6.92 Å². The molecular weight excluding hydrogens is 450 g/mol. The Kier molecular flexibility index (Phi) is 5.71. The number of aromatic nitrogens is 1. The molecule has 0 saturated heterocycles. The second-order valence-electron chi connectivity index (χ2n) is 6.97. The van der Waals surface area contributed by atoms with Crippen LogP contribution >= 0.6 is 34.0 Å². The van der Waals surface area contributed by atoms with Gasteiger partial charge in [0.25, 0.3) is 5.56 Å². The van der Waals surface area contributed by atoms with E-state index in [9.17, 15) is 14.9 Å². The van der Waals surface area contributed by atoms with Crippen molar-refractivity contribution in [1.82, 2.24) is 4.57 Å². The molecule has 0 saturated carbocycles. The normalized spacial score (nSPS) is 16.4. The summed E-state index contributed by atoms with van der Waals surface area (Å²) in [5.41, 5.74) is 8.48. The Bertz CT molecular complexity index is 1440. The van der Waals surface area contributed by atoms with Crippen molar-refractivity contribution in [2.45, 2.75) is 26.7 Å². The number of hydrogen-bond acceptors (Lipinski definition) is 8. The third-order valence-corrected chi connectivity index (χ3v) is 8.25. The third-order valence-electron chi connectivity index (χ3n) is 5.09. The average Bonchev–Trinajstić information content (AvgIpc) is 3.42. The molecule has 0 bridgehead atoms. The molecule has 9 heteroatoms. The van der Waals surface area contributed by atoms with Gasteiger partial charge in [0, 0.05) is 9.75 Å². The zero-order valence-corrected chi connectivity index (χ0v) is 19.5. The van der Waals surface area contributed by atoms with E-state index in [4.69, 9.17) is 10.5 Å². The van der Waals surface area contributed by atoms with Crippen molar-refractivity contribution in [3.8, 4) is 6.07 Å². The number of carbonyl (C=O) groups excluding carboxylic acids is 1. The summed E-state index contributed by atoms with van der Waals surface area (Å²) in [6.07, 6.45) is 1.81. The summed E-state index contributed by atoms with van der Waals surface area (Å²) in [6, 6.07) is 6.06. The van der Waals surface area contributed by atoms with Crippen LogP contribution in [0.15, 0.2) is 33.3 Å². The number of thiophene rings is 2. The Morgan fingerprint density at radius 1 is 1.29 bits per heavy atom. The van der Waals surface area contributed by atoms with Crippen LogP contribution in [0.3, 0.4) is 0 Å². The number of nitrogens with zero attached hydrogens (tertiary/aromatic N) is 2. The first kappa shape index (κ1) is 21.3. The molecule has 0 aromatic carbocycles. The molecule has 3 aromatic rings. The molecule has 0 spiro atoms. The van der Waals surface area contributed by atoms with Gasteiger partial charge in [0.1, 0.15) is 10.5 Å². The molecule has 1 atom stereocenters. The van der Waals surface area contributed by atoms with Crippen LogP contribution in [0, 0.1) is 25.2 Å². The topological polar surface area (TPSA) is 98.1 Å². The molecule has 2 N–H and O–H groups in total. The SMILES string of the molecule is CCOC(=O)C1=c2s/c(=C/c3sccc3C)c(=O)n2C(N)=C(C#N)C1c1sccc1C. The molecule has 6 nitrogen and oxygen atoms in total. The summed E-state index contributed by atoms with van der Waals surface area (Å²) in [6.45, 7) is 5.81. The number of esters is 1. The maximum absolute atomic E-state index is 13.3. The Morgan fingerprint density at radius 3 is 2.58 bits per heavy atom. The molecule has 1 aliphatic rings. The predicted molar refractivity (Wildman–Crippen MR) is 125 cm³/mol. The Hall–Kier alpha value is -2.93. The van der Waals surface area contributed by atoms with Gasteiger partial charge >= 0.3 is 5.97 Å². The fraction of sp³-hybridized carbons (Fsp3) is 0.227. The molecule has 3 aromatic heterocycles. The zero-order chi connectivity index (χ0) is 22.3. The first-order valence-corrected chi connectivity index (χ1v) is 12.1. The van der Waals surface area contributed by atoms with Gasteiger partial charge in [-0.25, -0.2) is 4.79 Å². The smallest absolute Gasteiger partial charge is 0.338 e. The third kappa shape index (κ3) is 3.47. The molecule has 0 aliphatic carbocycles. The van der Waals surface area contributed by atoms with Gasteiger partial charge in [-0.1, -0.05) is 0 Å². The Morgan fingerprint density at radius 2 is 2.00 bits per heavy atom. The number of allylic oxidation sites excluding steroid dienone is 1. The molecule has 158 valence electrons. The largest absolute Gasteiger partial charge is 0.463 e. The number of hydrogen-bond donors (Lipinski definition) is 1. The minimum absolute atomic E-state index is 0.0622. The number of carbonyl (C=O) groups is 1. The highest BCUT2D eigenvalue weighted by Gasteiger charge is 2.37. The molecular formula is C22H19N3O3S3. The van der Waals surface area contributed by atoms with Crippen molar-refractivity contribution in [3.05, 3.63) is 68.9 Å². The number of nitrogens with two attached hydrogens (primary N) is 1. The van der Waals surface area contributed by atoms with Gasteiger partial charge in [-0.2, -0.15) is 5.26 Å². The van der Waals surface area contributed by atoms with E-state index < -0.39 is 11.9 Å². The van der Waals surface area contributed by atoms with Crippen LogP contribution in [0.4, 0.5) is 0 Å². The van der Waals surface area contributed by atoms with Gasteiger partial charge in [-0.3, -0.25) is 9.36 Å². The van der Waals surface area contributed by atoms with Crippen molar-refractivity contribution in [1.29, 1.82) is 5.26 Å². The highest BCUT2D eigenvalue weighted by atomic mass is 32.1. The van der Waals surface area contributed by atoms with Crippen LogP contribution in [-0.2, 0) is 9.53 Å². The lowest BCUT2D eigenvalue weighted by atomic mass is 9.87. The lowest BCUT2D eigenvalue weighted by Crippen LogP contribution is -2.40. The lowest BCUT2D eigenvalue weighted by Gasteiger charge is -2.24. The van der Waals surface area contributed by atoms with E-state index >= 15 is 0 Å². The van der Waals surface area contributed by atoms with Crippen molar-refractivity contribution in [2.24, 2.45) is 5.73 Å². The number of nitriles is 1. The van der Waals surface area contributed by atoms with Gasteiger partial charge in [0.2, 0.25) is 0 Å². The van der Waals surface area contributed by atoms with Gasteiger partial charge < -0.3 is 10.5 Å². The molecule has 4 heterocycles. The molecule has 1 aliphatic heterocycles. The number of rotatable bonds is 4. The summed E-state index contributed by atoms with van der Waals surface area (Å²) in [7, 11) is 0. The van der Waals surface area contributed by atoms with Crippen LogP contribution in [-0.4, -0.2) is 17.1 Å². The van der Waals surface area contributed by atoms with Crippen LogP contribution < -0.4 is 20.5 Å². The average molecular weight is 470 g/mol. The molecule has 0 fully saturated rings. The second kappa shape index (κ2) is 8.30. The lowest BCUT2D eigenvalue weighted by molar-refractivity contribution is -0.136. The molecule has 0 amide bonds. The number of aryl methyl sites for hydroxylation is 2. The highest BCUT2D eigenvalue weighted by molar-refractivity contribution is 7.11. The summed E-state index contributed by atoms with van der Waals surface area (Å²) in [5.74, 6) is -1.15. The zero-order valence-electron chi connectivity index (χ0n) is 17.1. The van der Waals surface area contributed by atoms with E-state index in [1.165, 1.54) is 38.6 Å². The number of ether oxygens (including phenoxy) is 1. The van der Waals surface area contributed by atoms with Crippen LogP contribution in [0.25, 0.3) is 17.5 Å². The standard InChI is InChI=1S/C22H19N3O3S3/c1-4-28-22(27)17-16(18-12(3)6-8-30-18)13(10-23)19(24)25-20(26)15(31-21(17)25)9-14-11(2)5-7-29-14/h5-9,16H,4,24H2,1-3H3/b15-9+. The van der Waals surface area contributed by atoms with Crippen LogP contribution in [0.5, 0.6) is 0 Å². The predicted octanol–water partition coefficient (Wildman–Crippen LogP) is 2.64. The quantitative estimate of drug-likeness (QED) is 0.593. The van der Waals surface area contributed by atoms with Gasteiger partial charge in [-0.05, 0) is 60.9 Å². The maximum Gasteiger partial charge on any atom is 0.338 e. The van der Waals surface area contributed by atoms with E-state index in [0.717, 1.165) is 20.9 Å². The van der Waals surface area contributed by atoms with Crippen molar-refractivity contribution < 1.29 is 9.53 Å². The summed E-state index contributed by atoms with van der Waals surface area (Å²) < 4.78 is 7.49. The van der Waals surface area contributed by atoms with Crippen molar-refractivity contribution in [3.63, 3.8) is 0 Å². The summed E-state index contributed by atoms with van der Waals surface area (Å²) in [5, 5.41) is 13.8. The first-order chi connectivity index (χ1) is 14.9. The van der Waals surface area contributed by atoms with Crippen LogP contribution in [0.1, 0.15) is 33.7 Å². The number of fused-ring (bicyclic) bond motifs is 1. The van der Waals surface area contributed by atoms with E-state index in [0.29, 0.717) is 9.20 Å². The van der Waals surface area contributed by atoms with E-state index in [-0.39, 0.29) is 29.1 Å². The fourth-order valence-corrected chi connectivity index (χ4v) is 6.67. The van der Waals surface area contributed by atoms with Crippen molar-refractivity contribution in [2.75, 3.05) is 6.61 Å². The van der Waals surface area contributed by atoms with Crippen molar-refractivity contribution >= 4 is 57.4 Å². The molecule has 4 rings (SSSR count). The highest BCUT2D eigenvalue weighted by Crippen LogP contribution is 2.40. The molecule has 1 unspecified atom stereocenters.